The Morgan fingerprint density at radius 2 is 2.10 bits per heavy atom. The SMILES string of the molecule is O=[N+]([O-])c1ncn(C[C@H](O)COc2c(Cl)cccc2Cl)n1. The van der Waals surface area contributed by atoms with Crippen molar-refractivity contribution in [2.75, 3.05) is 6.61 Å². The Morgan fingerprint density at radius 3 is 2.67 bits per heavy atom. The fourth-order valence-electron chi connectivity index (χ4n) is 1.53. The number of nitro groups is 1. The first-order chi connectivity index (χ1) is 9.97. The van der Waals surface area contributed by atoms with Crippen molar-refractivity contribution in [3.63, 3.8) is 0 Å². The number of ether oxygens (including phenoxy) is 1. The zero-order valence-corrected chi connectivity index (χ0v) is 12.0. The minimum absolute atomic E-state index is 0.0110. The average Bonchev–Trinajstić information content (AvgIpc) is 2.87. The molecule has 2 aromatic rings. The normalized spacial score (nSPS) is 12.1. The maximum atomic E-state index is 10.4. The molecule has 1 N–H and O–H groups in total. The Bertz CT molecular complexity index is 629. The zero-order chi connectivity index (χ0) is 15.4. The number of aromatic nitrogens is 3. The summed E-state index contributed by atoms with van der Waals surface area (Å²) in [5.74, 6) is -0.262. The molecule has 0 aliphatic rings. The zero-order valence-electron chi connectivity index (χ0n) is 10.5. The predicted molar refractivity (Wildman–Crippen MR) is 74.6 cm³/mol. The standard InChI is InChI=1S/C11H10Cl2N4O4/c12-8-2-1-3-9(13)10(8)21-5-7(18)4-16-6-14-11(15-16)17(19)20/h1-3,6-7,18H,4-5H2/t7-/m0/s1. The number of hydrogen-bond acceptors (Lipinski definition) is 6. The molecular weight excluding hydrogens is 323 g/mol. The van der Waals surface area contributed by atoms with Crippen LogP contribution >= 0.6 is 23.2 Å². The van der Waals surface area contributed by atoms with Crippen molar-refractivity contribution in [3.8, 4) is 5.75 Å². The van der Waals surface area contributed by atoms with Crippen LogP contribution in [0.1, 0.15) is 0 Å². The van der Waals surface area contributed by atoms with Gasteiger partial charge in [-0.3, -0.25) is 0 Å². The third kappa shape index (κ3) is 4.03. The highest BCUT2D eigenvalue weighted by atomic mass is 35.5. The monoisotopic (exact) mass is 332 g/mol. The second-order valence-electron chi connectivity index (χ2n) is 4.04. The molecule has 0 fully saturated rings. The summed E-state index contributed by atoms with van der Waals surface area (Å²) >= 11 is 11.8. The van der Waals surface area contributed by atoms with Gasteiger partial charge in [-0.1, -0.05) is 34.3 Å². The Balaban J connectivity index is 1.92. The number of rotatable bonds is 6. The van der Waals surface area contributed by atoms with E-state index in [0.717, 1.165) is 11.0 Å². The Hall–Kier alpha value is -1.90. The van der Waals surface area contributed by atoms with Crippen LogP contribution in [-0.4, -0.2) is 37.5 Å². The molecule has 1 aromatic carbocycles. The number of benzene rings is 1. The molecule has 0 radical (unpaired) electrons. The van der Waals surface area contributed by atoms with Crippen molar-refractivity contribution in [3.05, 3.63) is 44.7 Å². The minimum Gasteiger partial charge on any atom is -0.488 e. The summed E-state index contributed by atoms with van der Waals surface area (Å²) in [7, 11) is 0. The fourth-order valence-corrected chi connectivity index (χ4v) is 2.03. The number of nitrogens with zero attached hydrogens (tertiary/aromatic N) is 4. The fraction of sp³-hybridized carbons (Fsp3) is 0.273. The van der Waals surface area contributed by atoms with Gasteiger partial charge in [0, 0.05) is 5.10 Å². The van der Waals surface area contributed by atoms with Crippen LogP contribution in [0.15, 0.2) is 24.5 Å². The van der Waals surface area contributed by atoms with E-state index in [1.807, 2.05) is 0 Å². The molecule has 112 valence electrons. The highest BCUT2D eigenvalue weighted by Crippen LogP contribution is 2.32. The lowest BCUT2D eigenvalue weighted by molar-refractivity contribution is -0.394. The Kier molecular flexibility index (Phi) is 4.94. The molecule has 21 heavy (non-hydrogen) atoms. The molecule has 1 aromatic heterocycles. The molecule has 0 aliphatic carbocycles. The van der Waals surface area contributed by atoms with Crippen LogP contribution in [0.2, 0.25) is 10.0 Å². The summed E-state index contributed by atoms with van der Waals surface area (Å²) in [6.45, 7) is -0.111. The number of aliphatic hydroxyl groups excluding tert-OH is 1. The number of aliphatic hydroxyl groups is 1. The number of hydrogen-bond donors (Lipinski definition) is 1. The van der Waals surface area contributed by atoms with Crippen LogP contribution in [-0.2, 0) is 6.54 Å². The van der Waals surface area contributed by atoms with E-state index in [1.54, 1.807) is 18.2 Å². The molecular formula is C11H10Cl2N4O4. The maximum Gasteiger partial charge on any atom is 0.490 e. The molecule has 0 saturated heterocycles. The molecule has 8 nitrogen and oxygen atoms in total. The van der Waals surface area contributed by atoms with Crippen LogP contribution in [0.3, 0.4) is 0 Å². The Labute approximate surface area is 129 Å². The smallest absolute Gasteiger partial charge is 0.488 e. The first-order valence-electron chi connectivity index (χ1n) is 5.76. The van der Waals surface area contributed by atoms with Gasteiger partial charge in [0.25, 0.3) is 0 Å². The van der Waals surface area contributed by atoms with Gasteiger partial charge in [0.05, 0.1) is 16.6 Å². The Morgan fingerprint density at radius 1 is 1.43 bits per heavy atom. The third-order valence-electron chi connectivity index (χ3n) is 2.42. The van der Waals surface area contributed by atoms with Crippen LogP contribution in [0, 0.1) is 10.1 Å². The summed E-state index contributed by atoms with van der Waals surface area (Å²) in [4.78, 5) is 13.2. The first kappa shape index (κ1) is 15.5. The highest BCUT2D eigenvalue weighted by Gasteiger charge is 2.17. The quantitative estimate of drug-likeness (QED) is 0.640. The molecule has 2 rings (SSSR count). The average molecular weight is 333 g/mol. The third-order valence-corrected chi connectivity index (χ3v) is 3.02. The molecule has 0 unspecified atom stereocenters. The maximum absolute atomic E-state index is 10.4. The minimum atomic E-state index is -0.960. The van der Waals surface area contributed by atoms with Crippen LogP contribution in [0.4, 0.5) is 5.95 Å². The van der Waals surface area contributed by atoms with Gasteiger partial charge < -0.3 is 20.0 Å². The summed E-state index contributed by atoms with van der Waals surface area (Å²) in [6.07, 6.45) is 0.197. The van der Waals surface area contributed by atoms with Gasteiger partial charge >= 0.3 is 5.95 Å². The predicted octanol–water partition coefficient (Wildman–Crippen LogP) is 1.93. The van der Waals surface area contributed by atoms with E-state index in [4.69, 9.17) is 27.9 Å². The largest absolute Gasteiger partial charge is 0.490 e. The van der Waals surface area contributed by atoms with Crippen LogP contribution < -0.4 is 4.74 Å². The number of halogens is 2. The van der Waals surface area contributed by atoms with Crippen molar-refractivity contribution < 1.29 is 14.8 Å². The lowest BCUT2D eigenvalue weighted by atomic mass is 10.3. The second-order valence-corrected chi connectivity index (χ2v) is 4.85. The van der Waals surface area contributed by atoms with Gasteiger partial charge in [-0.15, -0.1) is 0 Å². The lowest BCUT2D eigenvalue weighted by Crippen LogP contribution is -2.24. The number of para-hydroxylation sites is 1. The van der Waals surface area contributed by atoms with Crippen molar-refractivity contribution in [1.29, 1.82) is 0 Å². The van der Waals surface area contributed by atoms with E-state index in [2.05, 4.69) is 10.1 Å². The van der Waals surface area contributed by atoms with Gasteiger partial charge in [0.15, 0.2) is 5.75 Å². The lowest BCUT2D eigenvalue weighted by Gasteiger charge is -2.13. The van der Waals surface area contributed by atoms with E-state index in [-0.39, 0.29) is 18.9 Å². The molecule has 0 saturated carbocycles. The second kappa shape index (κ2) is 6.70. The summed E-state index contributed by atoms with van der Waals surface area (Å²) in [5.41, 5.74) is 0. The molecule has 1 atom stereocenters. The van der Waals surface area contributed by atoms with E-state index in [9.17, 15) is 15.2 Å². The van der Waals surface area contributed by atoms with E-state index >= 15 is 0 Å². The van der Waals surface area contributed by atoms with Crippen molar-refractivity contribution in [2.45, 2.75) is 12.6 Å². The van der Waals surface area contributed by atoms with Crippen LogP contribution in [0.25, 0.3) is 0 Å². The van der Waals surface area contributed by atoms with Gasteiger partial charge in [0.1, 0.15) is 12.7 Å². The molecule has 0 spiro atoms. The molecule has 0 aliphatic heterocycles. The first-order valence-corrected chi connectivity index (χ1v) is 6.51. The summed E-state index contributed by atoms with van der Waals surface area (Å²) in [5, 5.41) is 24.5. The molecule has 0 amide bonds. The molecule has 0 bridgehead atoms. The van der Waals surface area contributed by atoms with Crippen LogP contribution in [0.5, 0.6) is 5.75 Å². The van der Waals surface area contributed by atoms with Gasteiger partial charge in [-0.05, 0) is 17.1 Å². The van der Waals surface area contributed by atoms with Crippen molar-refractivity contribution in [2.24, 2.45) is 0 Å². The van der Waals surface area contributed by atoms with Gasteiger partial charge in [-0.2, -0.15) is 4.68 Å². The van der Waals surface area contributed by atoms with E-state index in [1.165, 1.54) is 0 Å². The highest BCUT2D eigenvalue weighted by molar-refractivity contribution is 6.37. The van der Waals surface area contributed by atoms with E-state index in [0.29, 0.717) is 10.0 Å². The molecule has 1 heterocycles. The van der Waals surface area contributed by atoms with Crippen molar-refractivity contribution in [1.82, 2.24) is 14.8 Å². The summed E-state index contributed by atoms with van der Waals surface area (Å²) in [6, 6.07) is 4.88. The summed E-state index contributed by atoms with van der Waals surface area (Å²) < 4.78 is 6.50. The van der Waals surface area contributed by atoms with Gasteiger partial charge in [-0.25, -0.2) is 0 Å². The van der Waals surface area contributed by atoms with Crippen molar-refractivity contribution >= 4 is 29.2 Å². The van der Waals surface area contributed by atoms with E-state index < -0.39 is 17.0 Å². The molecule has 10 heteroatoms. The van der Waals surface area contributed by atoms with Gasteiger partial charge in [0.2, 0.25) is 6.33 Å². The topological polar surface area (TPSA) is 103 Å².